The Kier molecular flexibility index (Phi) is 7.43. The van der Waals surface area contributed by atoms with E-state index in [0.717, 1.165) is 19.4 Å². The minimum atomic E-state index is -0.162. The number of carbonyl (C=O) groups is 2. The molecule has 1 aliphatic rings. The predicted molar refractivity (Wildman–Crippen MR) is 99.6 cm³/mol. The summed E-state index contributed by atoms with van der Waals surface area (Å²) in [6.45, 7) is 2.08. The lowest BCUT2D eigenvalue weighted by Gasteiger charge is -2.32. The Bertz CT molecular complexity index is 586. The summed E-state index contributed by atoms with van der Waals surface area (Å²) in [6, 6.07) is 5.10. The molecule has 1 N–H and O–H groups in total. The van der Waals surface area contributed by atoms with E-state index in [4.69, 9.17) is 9.47 Å². The number of ether oxygens (including phenoxy) is 2. The SMILES string of the molecule is COc1cc(OC)cc(C(=O)NCC2CCCN(C(=O)CSC)C2)c1. The minimum absolute atomic E-state index is 0.162. The molecule has 1 saturated heterocycles. The highest BCUT2D eigenvalue weighted by atomic mass is 32.2. The third-order valence-corrected chi connectivity index (χ3v) is 4.84. The first kappa shape index (κ1) is 19.4. The normalized spacial score (nSPS) is 17.1. The molecule has 1 atom stereocenters. The van der Waals surface area contributed by atoms with Crippen molar-refractivity contribution in [1.82, 2.24) is 10.2 Å². The standard InChI is InChI=1S/C18H26N2O4S/c1-23-15-7-14(8-16(9-15)24-2)18(22)19-10-13-5-4-6-20(11-13)17(21)12-25-3/h7-9,13H,4-6,10-12H2,1-3H3,(H,19,22). The molecule has 0 saturated carbocycles. The average molecular weight is 366 g/mol. The number of rotatable bonds is 7. The Hall–Kier alpha value is -1.89. The van der Waals surface area contributed by atoms with E-state index in [1.54, 1.807) is 44.2 Å². The Labute approximate surface area is 153 Å². The fourth-order valence-electron chi connectivity index (χ4n) is 2.95. The number of nitrogens with one attached hydrogen (secondary N) is 1. The van der Waals surface area contributed by atoms with Crippen LogP contribution in [0.5, 0.6) is 11.5 Å². The molecule has 2 amide bonds. The lowest BCUT2D eigenvalue weighted by Crippen LogP contribution is -2.44. The van der Waals surface area contributed by atoms with E-state index >= 15 is 0 Å². The summed E-state index contributed by atoms with van der Waals surface area (Å²) in [6.07, 6.45) is 3.93. The number of hydrogen-bond acceptors (Lipinski definition) is 5. The first-order valence-corrected chi connectivity index (χ1v) is 9.74. The molecule has 138 valence electrons. The molecule has 0 radical (unpaired) electrons. The largest absolute Gasteiger partial charge is 0.497 e. The molecule has 0 aromatic heterocycles. The van der Waals surface area contributed by atoms with Crippen molar-refractivity contribution in [3.63, 3.8) is 0 Å². The van der Waals surface area contributed by atoms with Crippen molar-refractivity contribution in [1.29, 1.82) is 0 Å². The van der Waals surface area contributed by atoms with Gasteiger partial charge in [0.15, 0.2) is 0 Å². The summed E-state index contributed by atoms with van der Waals surface area (Å²) in [4.78, 5) is 26.4. The van der Waals surface area contributed by atoms with Crippen molar-refractivity contribution >= 4 is 23.6 Å². The molecule has 1 aromatic rings. The smallest absolute Gasteiger partial charge is 0.251 e. The molecular weight excluding hydrogens is 340 g/mol. The highest BCUT2D eigenvalue weighted by Gasteiger charge is 2.23. The summed E-state index contributed by atoms with van der Waals surface area (Å²) >= 11 is 1.54. The topological polar surface area (TPSA) is 67.9 Å². The van der Waals surface area contributed by atoms with Gasteiger partial charge in [0.1, 0.15) is 11.5 Å². The van der Waals surface area contributed by atoms with Gasteiger partial charge in [0.2, 0.25) is 5.91 Å². The van der Waals surface area contributed by atoms with Crippen molar-refractivity contribution in [3.05, 3.63) is 23.8 Å². The van der Waals surface area contributed by atoms with Gasteiger partial charge in [0, 0.05) is 31.3 Å². The van der Waals surface area contributed by atoms with Gasteiger partial charge in [-0.2, -0.15) is 11.8 Å². The third kappa shape index (κ3) is 5.56. The van der Waals surface area contributed by atoms with Gasteiger partial charge >= 0.3 is 0 Å². The first-order valence-electron chi connectivity index (χ1n) is 8.35. The second kappa shape index (κ2) is 9.56. The third-order valence-electron chi connectivity index (χ3n) is 4.30. The van der Waals surface area contributed by atoms with Gasteiger partial charge in [0.05, 0.1) is 20.0 Å². The van der Waals surface area contributed by atoms with E-state index in [0.29, 0.717) is 35.9 Å². The van der Waals surface area contributed by atoms with E-state index in [1.807, 2.05) is 11.2 Å². The van der Waals surface area contributed by atoms with Crippen LogP contribution >= 0.6 is 11.8 Å². The van der Waals surface area contributed by atoms with Gasteiger partial charge < -0.3 is 19.7 Å². The molecule has 6 nitrogen and oxygen atoms in total. The van der Waals surface area contributed by atoms with Gasteiger partial charge in [-0.25, -0.2) is 0 Å². The second-order valence-corrected chi connectivity index (χ2v) is 6.96. The van der Waals surface area contributed by atoms with Gasteiger partial charge in [0.25, 0.3) is 5.91 Å². The summed E-state index contributed by atoms with van der Waals surface area (Å²) < 4.78 is 10.4. The predicted octanol–water partition coefficient (Wildman–Crippen LogP) is 2.04. The van der Waals surface area contributed by atoms with Gasteiger partial charge in [-0.3, -0.25) is 9.59 Å². The lowest BCUT2D eigenvalue weighted by atomic mass is 9.98. The molecule has 0 aliphatic carbocycles. The summed E-state index contributed by atoms with van der Waals surface area (Å²) in [5.41, 5.74) is 0.502. The van der Waals surface area contributed by atoms with Crippen LogP contribution in [0.3, 0.4) is 0 Å². The highest BCUT2D eigenvalue weighted by Crippen LogP contribution is 2.23. The Morgan fingerprint density at radius 1 is 1.24 bits per heavy atom. The molecular formula is C18H26N2O4S. The number of carbonyl (C=O) groups excluding carboxylic acids is 2. The zero-order valence-corrected chi connectivity index (χ0v) is 15.9. The van der Waals surface area contributed by atoms with Crippen LogP contribution < -0.4 is 14.8 Å². The van der Waals surface area contributed by atoms with E-state index in [9.17, 15) is 9.59 Å². The fourth-order valence-corrected chi connectivity index (χ4v) is 3.38. The molecule has 1 aliphatic heterocycles. The molecule has 1 fully saturated rings. The number of methoxy groups -OCH3 is 2. The van der Waals surface area contributed by atoms with Gasteiger partial charge in [-0.15, -0.1) is 0 Å². The minimum Gasteiger partial charge on any atom is -0.497 e. The monoisotopic (exact) mass is 366 g/mol. The summed E-state index contributed by atoms with van der Waals surface area (Å²) in [7, 11) is 3.11. The van der Waals surface area contributed by atoms with E-state index in [-0.39, 0.29) is 17.7 Å². The highest BCUT2D eigenvalue weighted by molar-refractivity contribution is 7.99. The average Bonchev–Trinajstić information content (AvgIpc) is 2.66. The molecule has 0 bridgehead atoms. The van der Waals surface area contributed by atoms with Crippen LogP contribution in [0, 0.1) is 5.92 Å². The fraction of sp³-hybridized carbons (Fsp3) is 0.556. The van der Waals surface area contributed by atoms with Crippen LogP contribution in [0.15, 0.2) is 18.2 Å². The Balaban J connectivity index is 1.92. The maximum atomic E-state index is 12.4. The van der Waals surface area contributed by atoms with Crippen molar-refractivity contribution in [2.24, 2.45) is 5.92 Å². The zero-order valence-electron chi connectivity index (χ0n) is 15.0. The number of benzene rings is 1. The molecule has 7 heteroatoms. The molecule has 1 aromatic carbocycles. The van der Waals surface area contributed by atoms with Crippen LogP contribution in [-0.4, -0.2) is 62.6 Å². The van der Waals surface area contributed by atoms with Gasteiger partial charge in [-0.05, 0) is 37.1 Å². The summed E-state index contributed by atoms with van der Waals surface area (Å²) in [5.74, 6) is 1.98. The van der Waals surface area contributed by atoms with Gasteiger partial charge in [-0.1, -0.05) is 0 Å². The second-order valence-electron chi connectivity index (χ2n) is 6.09. The Morgan fingerprint density at radius 3 is 2.52 bits per heavy atom. The van der Waals surface area contributed by atoms with E-state index in [1.165, 1.54) is 0 Å². The van der Waals surface area contributed by atoms with Crippen LogP contribution in [0.1, 0.15) is 23.2 Å². The molecule has 25 heavy (non-hydrogen) atoms. The molecule has 2 rings (SSSR count). The van der Waals surface area contributed by atoms with Crippen molar-refractivity contribution < 1.29 is 19.1 Å². The van der Waals surface area contributed by atoms with Crippen LogP contribution in [0.25, 0.3) is 0 Å². The van der Waals surface area contributed by atoms with E-state index in [2.05, 4.69) is 5.32 Å². The molecule has 1 unspecified atom stereocenters. The number of thioether (sulfide) groups is 1. The summed E-state index contributed by atoms with van der Waals surface area (Å²) in [5, 5.41) is 2.97. The van der Waals surface area contributed by atoms with Crippen molar-refractivity contribution in [2.75, 3.05) is 45.9 Å². The number of amides is 2. The van der Waals surface area contributed by atoms with Crippen LogP contribution in [0.4, 0.5) is 0 Å². The van der Waals surface area contributed by atoms with Crippen LogP contribution in [0.2, 0.25) is 0 Å². The maximum Gasteiger partial charge on any atom is 0.251 e. The van der Waals surface area contributed by atoms with E-state index < -0.39 is 0 Å². The first-order chi connectivity index (χ1) is 12.1. The number of likely N-dealkylation sites (tertiary alicyclic amines) is 1. The zero-order chi connectivity index (χ0) is 18.2. The quantitative estimate of drug-likeness (QED) is 0.800. The lowest BCUT2D eigenvalue weighted by molar-refractivity contribution is -0.130. The van der Waals surface area contributed by atoms with Crippen LogP contribution in [-0.2, 0) is 4.79 Å². The molecule has 0 spiro atoms. The maximum absolute atomic E-state index is 12.4. The number of hydrogen-bond donors (Lipinski definition) is 1. The number of piperidine rings is 1. The van der Waals surface area contributed by atoms with Crippen molar-refractivity contribution in [2.45, 2.75) is 12.8 Å². The molecule has 1 heterocycles. The number of nitrogens with zero attached hydrogens (tertiary/aromatic N) is 1. The van der Waals surface area contributed by atoms with Crippen molar-refractivity contribution in [3.8, 4) is 11.5 Å². The Morgan fingerprint density at radius 2 is 1.92 bits per heavy atom.